The minimum Gasteiger partial charge on any atom is -0.393 e. The molecule has 0 spiro atoms. The van der Waals surface area contributed by atoms with Gasteiger partial charge in [0.25, 0.3) is 23.2 Å². The maximum Gasteiger partial charge on any atom is 0.330 e. The summed E-state index contributed by atoms with van der Waals surface area (Å²) in [4.78, 5) is 73.2. The highest BCUT2D eigenvalue weighted by Crippen LogP contribution is 2.26. The second kappa shape index (κ2) is 14.0. The third kappa shape index (κ3) is 6.69. The zero-order valence-electron chi connectivity index (χ0n) is 26.0. The summed E-state index contributed by atoms with van der Waals surface area (Å²) in [5.41, 5.74) is 0.225. The first-order valence-electron chi connectivity index (χ1n) is 15.1. The van der Waals surface area contributed by atoms with Crippen LogP contribution in [0.3, 0.4) is 0 Å². The van der Waals surface area contributed by atoms with E-state index < -0.39 is 41.1 Å². The van der Waals surface area contributed by atoms with E-state index >= 15 is 0 Å². The van der Waals surface area contributed by atoms with E-state index in [1.807, 2.05) is 6.07 Å². The first kappa shape index (κ1) is 32.9. The number of hydrogen-bond acceptors (Lipinski definition) is 10. The minimum absolute atomic E-state index is 0.0354. The largest absolute Gasteiger partial charge is 0.393 e. The molecule has 0 aliphatic carbocycles. The van der Waals surface area contributed by atoms with Gasteiger partial charge in [-0.25, -0.2) is 18.9 Å². The number of nitrogens with zero attached hydrogens (tertiary/aromatic N) is 7. The van der Waals surface area contributed by atoms with Crippen molar-refractivity contribution in [2.24, 2.45) is 0 Å². The van der Waals surface area contributed by atoms with Gasteiger partial charge in [0.1, 0.15) is 6.10 Å². The highest BCUT2D eigenvalue weighted by Gasteiger charge is 2.31. The van der Waals surface area contributed by atoms with Gasteiger partial charge in [-0.2, -0.15) is 0 Å². The highest BCUT2D eigenvalue weighted by atomic mass is 19.1. The number of hydrogen-bond donors (Lipinski definition) is 3. The van der Waals surface area contributed by atoms with Crippen LogP contribution in [0.1, 0.15) is 32.5 Å². The molecule has 1 saturated heterocycles. The van der Waals surface area contributed by atoms with E-state index in [1.54, 1.807) is 48.2 Å². The highest BCUT2D eigenvalue weighted by molar-refractivity contribution is 6.45. The second-order valence-electron chi connectivity index (χ2n) is 11.1. The number of benzene rings is 1. The van der Waals surface area contributed by atoms with Crippen LogP contribution < -0.4 is 11.2 Å². The lowest BCUT2D eigenvalue weighted by atomic mass is 10.1. The molecule has 0 unspecified atom stereocenters. The lowest BCUT2D eigenvalue weighted by Gasteiger charge is -2.34. The van der Waals surface area contributed by atoms with Crippen LogP contribution >= 0.6 is 0 Å². The Balaban J connectivity index is 0.000000218. The summed E-state index contributed by atoms with van der Waals surface area (Å²) in [6, 6.07) is 8.87. The number of aromatic amines is 2. The van der Waals surface area contributed by atoms with Gasteiger partial charge in [-0.3, -0.25) is 28.7 Å². The zero-order valence-corrected chi connectivity index (χ0v) is 26.0. The number of pyridine rings is 1. The molecular formula is C32H30FN9O7. The van der Waals surface area contributed by atoms with Gasteiger partial charge < -0.3 is 24.6 Å². The van der Waals surface area contributed by atoms with Gasteiger partial charge in [0.15, 0.2) is 17.9 Å². The standard InChI is InChI=1S/C22H18FN7O3.C10H12N2O4/c23-16-13-25-20(30-7-6-26-27-30)18-17(16)15(12-24-18)19(31)22(33)29-10-8-28(9-11-29)21(32)14-4-2-1-3-5-14;1-6-4-12(10(15)11-9(6)14)8-3-2-7(5-13)16-8/h1-7,12-13,24H,8-11H2;2-4,7-8,13H,5H2,1H3,(H,11,14,15)/t;7-,8+/m.0/s1. The van der Waals surface area contributed by atoms with Gasteiger partial charge >= 0.3 is 5.69 Å². The van der Waals surface area contributed by atoms with Crippen molar-refractivity contribution >= 4 is 28.5 Å². The lowest BCUT2D eigenvalue weighted by Crippen LogP contribution is -2.52. The molecule has 6 heterocycles. The lowest BCUT2D eigenvalue weighted by molar-refractivity contribution is -0.127. The smallest absolute Gasteiger partial charge is 0.330 e. The number of aromatic nitrogens is 7. The Morgan fingerprint density at radius 1 is 1.06 bits per heavy atom. The number of amides is 2. The van der Waals surface area contributed by atoms with Crippen molar-refractivity contribution in [2.75, 3.05) is 32.8 Å². The quantitative estimate of drug-likeness (QED) is 0.131. The van der Waals surface area contributed by atoms with Crippen LogP contribution in [0.25, 0.3) is 16.7 Å². The van der Waals surface area contributed by atoms with Crippen LogP contribution in [-0.2, 0) is 9.53 Å². The molecule has 4 aromatic heterocycles. The number of carbonyl (C=O) groups is 3. The van der Waals surface area contributed by atoms with Gasteiger partial charge in [-0.05, 0) is 25.1 Å². The van der Waals surface area contributed by atoms with E-state index in [1.165, 1.54) is 38.9 Å². The Morgan fingerprint density at radius 2 is 1.80 bits per heavy atom. The Kier molecular flexibility index (Phi) is 9.36. The van der Waals surface area contributed by atoms with Crippen LogP contribution in [0.5, 0.6) is 0 Å². The Bertz CT molecular complexity index is 2150. The van der Waals surface area contributed by atoms with Crippen LogP contribution in [0, 0.1) is 12.7 Å². The minimum atomic E-state index is -0.835. The maximum absolute atomic E-state index is 14.6. The first-order chi connectivity index (χ1) is 23.7. The number of piperazine rings is 1. The van der Waals surface area contributed by atoms with E-state index in [-0.39, 0.29) is 47.9 Å². The molecule has 252 valence electrons. The molecule has 3 N–H and O–H groups in total. The number of nitrogens with one attached hydrogen (secondary N) is 2. The van der Waals surface area contributed by atoms with Crippen LogP contribution in [0.15, 0.2) is 83.1 Å². The average molecular weight is 672 g/mol. The van der Waals surface area contributed by atoms with Crippen LogP contribution in [0.4, 0.5) is 4.39 Å². The number of Topliss-reactive ketones (excluding diaryl/α,β-unsaturated/α-hetero) is 1. The molecule has 2 amide bonds. The normalized spacial score (nSPS) is 17.2. The van der Waals surface area contributed by atoms with Gasteiger partial charge in [-0.1, -0.05) is 29.5 Å². The number of aliphatic hydroxyl groups is 1. The predicted octanol–water partition coefficient (Wildman–Crippen LogP) is 0.741. The summed E-state index contributed by atoms with van der Waals surface area (Å²) < 4.78 is 22.6. The van der Waals surface area contributed by atoms with E-state index in [0.717, 1.165) is 6.20 Å². The summed E-state index contributed by atoms with van der Waals surface area (Å²) in [5.74, 6) is -2.19. The monoisotopic (exact) mass is 671 g/mol. The molecule has 5 aromatic rings. The molecule has 1 fully saturated rings. The number of ketones is 1. The second-order valence-corrected chi connectivity index (χ2v) is 11.1. The molecule has 2 atom stereocenters. The zero-order chi connectivity index (χ0) is 34.7. The van der Waals surface area contributed by atoms with Crippen molar-refractivity contribution in [2.45, 2.75) is 19.3 Å². The van der Waals surface area contributed by atoms with E-state index in [9.17, 15) is 28.4 Å². The number of carbonyl (C=O) groups excluding carboxylic acids is 3. The van der Waals surface area contributed by atoms with Crippen molar-refractivity contribution in [3.63, 3.8) is 0 Å². The number of rotatable bonds is 6. The van der Waals surface area contributed by atoms with E-state index in [0.29, 0.717) is 24.2 Å². The summed E-state index contributed by atoms with van der Waals surface area (Å²) in [5, 5.41) is 16.4. The molecule has 17 heteroatoms. The van der Waals surface area contributed by atoms with Gasteiger partial charge in [0.05, 0.1) is 41.7 Å². The van der Waals surface area contributed by atoms with Crippen molar-refractivity contribution < 1.29 is 28.6 Å². The summed E-state index contributed by atoms with van der Waals surface area (Å²) in [7, 11) is 0. The molecule has 16 nitrogen and oxygen atoms in total. The van der Waals surface area contributed by atoms with E-state index in [2.05, 4.69) is 25.3 Å². The molecule has 1 aromatic carbocycles. The van der Waals surface area contributed by atoms with Crippen molar-refractivity contribution in [1.29, 1.82) is 0 Å². The molecule has 0 saturated carbocycles. The van der Waals surface area contributed by atoms with Crippen molar-refractivity contribution in [3.05, 3.63) is 117 Å². The molecule has 0 radical (unpaired) electrons. The topological polar surface area (TPSA) is 201 Å². The number of halogens is 1. The van der Waals surface area contributed by atoms with Gasteiger partial charge in [0, 0.05) is 49.7 Å². The van der Waals surface area contributed by atoms with Crippen molar-refractivity contribution in [3.8, 4) is 5.82 Å². The van der Waals surface area contributed by atoms with Crippen molar-refractivity contribution in [1.82, 2.24) is 44.3 Å². The van der Waals surface area contributed by atoms with Crippen LogP contribution in [0.2, 0.25) is 0 Å². The molecule has 2 aliphatic rings. The number of fused-ring (bicyclic) bond motifs is 1. The summed E-state index contributed by atoms with van der Waals surface area (Å²) in [6.07, 6.45) is 9.06. The number of aryl methyl sites for hydroxylation is 1. The average Bonchev–Trinajstić information content (AvgIpc) is 3.92. The third-order valence-electron chi connectivity index (χ3n) is 8.00. The maximum atomic E-state index is 14.6. The fraction of sp³-hybridized carbons (Fsp3) is 0.250. The molecule has 49 heavy (non-hydrogen) atoms. The SMILES string of the molecule is Cc1cn([C@H]2C=C[C@@H](CO)O2)c(=O)[nH]c1=O.O=C(C(=O)N1CCN(C(=O)c2ccccc2)CC1)c1c[nH]c2c(-n3ccnn3)ncc(F)c12. The molecular weight excluding hydrogens is 641 g/mol. The summed E-state index contributed by atoms with van der Waals surface area (Å²) >= 11 is 0. The Hall–Kier alpha value is -6.07. The molecule has 7 rings (SSSR count). The number of ether oxygens (including phenoxy) is 1. The van der Waals surface area contributed by atoms with Gasteiger partial charge in [0.2, 0.25) is 0 Å². The first-order valence-corrected chi connectivity index (χ1v) is 15.1. The van der Waals surface area contributed by atoms with E-state index in [4.69, 9.17) is 9.84 Å². The Morgan fingerprint density at radius 3 is 2.47 bits per heavy atom. The molecule has 2 aliphatic heterocycles. The molecule has 0 bridgehead atoms. The third-order valence-corrected chi connectivity index (χ3v) is 8.00. The fourth-order valence-corrected chi connectivity index (χ4v) is 5.43. The predicted molar refractivity (Wildman–Crippen MR) is 170 cm³/mol. The van der Waals surface area contributed by atoms with Gasteiger partial charge in [-0.15, -0.1) is 5.10 Å². The number of aliphatic hydroxyl groups excluding tert-OH is 1. The Labute approximate surface area is 276 Å². The fourth-order valence-electron chi connectivity index (χ4n) is 5.43. The summed E-state index contributed by atoms with van der Waals surface area (Å²) in [6.45, 7) is 2.49. The van der Waals surface area contributed by atoms with Crippen LogP contribution in [-0.4, -0.2) is 106 Å². The number of H-pyrrole nitrogens is 2.